The van der Waals surface area contributed by atoms with E-state index in [0.29, 0.717) is 17.9 Å². The van der Waals surface area contributed by atoms with Gasteiger partial charge in [-0.05, 0) is 12.2 Å². The van der Waals surface area contributed by atoms with Crippen molar-refractivity contribution in [2.75, 3.05) is 18.1 Å². The molecule has 0 saturated carbocycles. The Morgan fingerprint density at radius 3 is 2.53 bits per heavy atom. The highest BCUT2D eigenvalue weighted by Gasteiger charge is 2.25. The normalized spacial score (nSPS) is 11.5. The molecule has 0 aromatic rings. The summed E-state index contributed by atoms with van der Waals surface area (Å²) < 4.78 is 39.9. The minimum absolute atomic E-state index is 0.121. The number of esters is 1. The molecule has 0 rings (SSSR count). The Morgan fingerprint density at radius 2 is 2.00 bits per heavy atom. The highest BCUT2D eigenvalue weighted by Crippen LogP contribution is 2.22. The molecule has 0 saturated heterocycles. The highest BCUT2D eigenvalue weighted by molar-refractivity contribution is 7.99. The largest absolute Gasteiger partial charge is 0.465 e. The van der Waals surface area contributed by atoms with Crippen LogP contribution in [0.15, 0.2) is 0 Å². The lowest BCUT2D eigenvalue weighted by Gasteiger charge is -2.05. The third-order valence-electron chi connectivity index (χ3n) is 1.53. The summed E-state index contributed by atoms with van der Waals surface area (Å²) in [6.45, 7) is 1.97. The number of alkyl halides is 3. The van der Waals surface area contributed by atoms with Gasteiger partial charge >= 0.3 is 12.1 Å². The quantitative estimate of drug-likeness (QED) is 0.508. The van der Waals surface area contributed by atoms with Crippen molar-refractivity contribution in [3.63, 3.8) is 0 Å². The first-order valence-corrected chi connectivity index (χ1v) is 5.91. The molecule has 0 amide bonds. The molecule has 0 aliphatic rings. The van der Waals surface area contributed by atoms with E-state index >= 15 is 0 Å². The van der Waals surface area contributed by atoms with Gasteiger partial charge in [-0.25, -0.2) is 0 Å². The van der Waals surface area contributed by atoms with Crippen LogP contribution in [0, 0.1) is 0 Å². The zero-order valence-corrected chi connectivity index (χ0v) is 9.42. The summed E-state index contributed by atoms with van der Waals surface area (Å²) >= 11 is 1.37. The average Bonchev–Trinajstić information content (AvgIpc) is 2.14. The molecule has 0 aromatic heterocycles. The van der Waals surface area contributed by atoms with Crippen LogP contribution in [0.25, 0.3) is 0 Å². The van der Waals surface area contributed by atoms with E-state index in [0.717, 1.165) is 0 Å². The molecule has 0 unspecified atom stereocenters. The van der Waals surface area contributed by atoms with Crippen LogP contribution in [0.5, 0.6) is 0 Å². The number of rotatable bonds is 7. The lowest BCUT2D eigenvalue weighted by Crippen LogP contribution is -2.08. The van der Waals surface area contributed by atoms with Crippen LogP contribution in [0.4, 0.5) is 13.2 Å². The Balaban J connectivity index is 3.16. The predicted molar refractivity (Wildman–Crippen MR) is 53.9 cm³/mol. The summed E-state index contributed by atoms with van der Waals surface area (Å²) in [7, 11) is 0. The van der Waals surface area contributed by atoms with Crippen molar-refractivity contribution in [3.05, 3.63) is 0 Å². The summed E-state index contributed by atoms with van der Waals surface area (Å²) in [5, 5.41) is 0. The van der Waals surface area contributed by atoms with E-state index in [-0.39, 0.29) is 19.0 Å². The SMILES string of the molecule is CCC(=O)OCCSCCCC(F)(F)F. The maximum Gasteiger partial charge on any atom is 0.389 e. The Labute approximate surface area is 91.6 Å². The van der Waals surface area contributed by atoms with Crippen LogP contribution in [0.1, 0.15) is 26.2 Å². The van der Waals surface area contributed by atoms with Crippen molar-refractivity contribution in [2.24, 2.45) is 0 Å². The molecule has 0 aliphatic heterocycles. The predicted octanol–water partition coefficient (Wildman–Crippen LogP) is 3.02. The summed E-state index contributed by atoms with van der Waals surface area (Å²) in [4.78, 5) is 10.7. The van der Waals surface area contributed by atoms with Crippen molar-refractivity contribution in [1.29, 1.82) is 0 Å². The van der Waals surface area contributed by atoms with Crippen LogP contribution >= 0.6 is 11.8 Å². The summed E-state index contributed by atoms with van der Waals surface area (Å²) in [6.07, 6.45) is -4.35. The second-order valence-corrected chi connectivity index (χ2v) is 4.13. The van der Waals surface area contributed by atoms with Gasteiger partial charge in [-0.3, -0.25) is 4.79 Å². The summed E-state index contributed by atoms with van der Waals surface area (Å²) in [6, 6.07) is 0. The number of carbonyl (C=O) groups is 1. The second-order valence-electron chi connectivity index (χ2n) is 2.91. The molecular formula is C9H15F3O2S. The lowest BCUT2D eigenvalue weighted by molar-refractivity contribution is -0.142. The molecule has 0 radical (unpaired) electrons. The summed E-state index contributed by atoms with van der Waals surface area (Å²) in [5.41, 5.74) is 0. The van der Waals surface area contributed by atoms with Gasteiger partial charge in [0.15, 0.2) is 0 Å². The first kappa shape index (κ1) is 14.6. The first-order chi connectivity index (χ1) is 6.95. The topological polar surface area (TPSA) is 26.3 Å². The van der Waals surface area contributed by atoms with E-state index < -0.39 is 12.6 Å². The third-order valence-corrected chi connectivity index (χ3v) is 2.56. The molecule has 0 atom stereocenters. The van der Waals surface area contributed by atoms with Gasteiger partial charge in [0, 0.05) is 18.6 Å². The lowest BCUT2D eigenvalue weighted by atomic mass is 10.3. The van der Waals surface area contributed by atoms with Gasteiger partial charge in [-0.15, -0.1) is 0 Å². The fourth-order valence-corrected chi connectivity index (χ4v) is 1.55. The molecule has 0 aliphatic carbocycles. The third kappa shape index (κ3) is 11.5. The Hall–Kier alpha value is -0.390. The molecule has 0 spiro atoms. The van der Waals surface area contributed by atoms with E-state index in [9.17, 15) is 18.0 Å². The van der Waals surface area contributed by atoms with Gasteiger partial charge in [0.25, 0.3) is 0 Å². The minimum atomic E-state index is -4.06. The average molecular weight is 244 g/mol. The van der Waals surface area contributed by atoms with Crippen LogP contribution < -0.4 is 0 Å². The Morgan fingerprint density at radius 1 is 1.33 bits per heavy atom. The minimum Gasteiger partial charge on any atom is -0.465 e. The Kier molecular flexibility index (Phi) is 7.64. The maximum absolute atomic E-state index is 11.7. The fourth-order valence-electron chi connectivity index (χ4n) is 0.793. The molecule has 0 N–H and O–H groups in total. The van der Waals surface area contributed by atoms with Gasteiger partial charge in [0.05, 0.1) is 0 Å². The number of thioether (sulfide) groups is 1. The van der Waals surface area contributed by atoms with E-state index in [4.69, 9.17) is 4.74 Å². The van der Waals surface area contributed by atoms with Crippen molar-refractivity contribution in [2.45, 2.75) is 32.4 Å². The molecule has 6 heteroatoms. The van der Waals surface area contributed by atoms with Gasteiger partial charge in [-0.2, -0.15) is 24.9 Å². The van der Waals surface area contributed by atoms with Gasteiger partial charge in [0.1, 0.15) is 6.61 Å². The number of ether oxygens (including phenoxy) is 1. The standard InChI is InChI=1S/C9H15F3O2S/c1-2-8(13)14-5-7-15-6-3-4-9(10,11)12/h2-7H2,1H3. The fraction of sp³-hybridized carbons (Fsp3) is 0.889. The van der Waals surface area contributed by atoms with Crippen LogP contribution in [0.3, 0.4) is 0 Å². The molecule has 90 valence electrons. The van der Waals surface area contributed by atoms with Gasteiger partial charge in [0.2, 0.25) is 0 Å². The van der Waals surface area contributed by atoms with Gasteiger partial charge < -0.3 is 4.74 Å². The van der Waals surface area contributed by atoms with E-state index in [2.05, 4.69) is 0 Å². The molecule has 0 bridgehead atoms. The van der Waals surface area contributed by atoms with Crippen LogP contribution in [-0.2, 0) is 9.53 Å². The van der Waals surface area contributed by atoms with Crippen molar-refractivity contribution >= 4 is 17.7 Å². The number of hydrogen-bond acceptors (Lipinski definition) is 3. The van der Waals surface area contributed by atoms with E-state index in [1.165, 1.54) is 11.8 Å². The Bertz CT molecular complexity index is 183. The molecular weight excluding hydrogens is 229 g/mol. The molecule has 2 nitrogen and oxygen atoms in total. The van der Waals surface area contributed by atoms with Gasteiger partial charge in [-0.1, -0.05) is 6.92 Å². The zero-order valence-electron chi connectivity index (χ0n) is 8.60. The number of carbonyl (C=O) groups excluding carboxylic acids is 1. The van der Waals surface area contributed by atoms with E-state index in [1.54, 1.807) is 6.92 Å². The second kappa shape index (κ2) is 7.84. The van der Waals surface area contributed by atoms with E-state index in [1.807, 2.05) is 0 Å². The zero-order chi connectivity index (χ0) is 11.7. The number of hydrogen-bond donors (Lipinski definition) is 0. The van der Waals surface area contributed by atoms with Crippen LogP contribution in [-0.4, -0.2) is 30.3 Å². The van der Waals surface area contributed by atoms with Crippen LogP contribution in [0.2, 0.25) is 0 Å². The first-order valence-electron chi connectivity index (χ1n) is 4.76. The molecule has 15 heavy (non-hydrogen) atoms. The molecule has 0 fully saturated rings. The summed E-state index contributed by atoms with van der Waals surface area (Å²) in [5.74, 6) is 0.734. The van der Waals surface area contributed by atoms with Crippen molar-refractivity contribution < 1.29 is 22.7 Å². The smallest absolute Gasteiger partial charge is 0.389 e. The maximum atomic E-state index is 11.7. The molecule has 0 aromatic carbocycles. The molecule has 0 heterocycles. The van der Waals surface area contributed by atoms with Crippen molar-refractivity contribution in [3.8, 4) is 0 Å². The number of halogens is 3. The monoisotopic (exact) mass is 244 g/mol. The van der Waals surface area contributed by atoms with Crippen molar-refractivity contribution in [1.82, 2.24) is 0 Å². The highest BCUT2D eigenvalue weighted by atomic mass is 32.2.